The van der Waals surface area contributed by atoms with Crippen molar-refractivity contribution >= 4 is 11.8 Å². The van der Waals surface area contributed by atoms with E-state index in [2.05, 4.69) is 0 Å². The fourth-order valence-corrected chi connectivity index (χ4v) is 1.46. The van der Waals surface area contributed by atoms with Gasteiger partial charge in [-0.05, 0) is 25.7 Å². The van der Waals surface area contributed by atoms with Gasteiger partial charge in [0, 0.05) is 20.6 Å². The third-order valence-electron chi connectivity index (χ3n) is 2.34. The van der Waals surface area contributed by atoms with Crippen LogP contribution in [0.1, 0.15) is 19.8 Å². The topological polar surface area (TPSA) is 40.6 Å². The average Bonchev–Trinajstić information content (AvgIpc) is 2.85. The molecule has 0 aromatic rings. The molecular weight excluding hydrogens is 180 g/mol. The molecule has 0 atom stereocenters. The number of urea groups is 1. The quantitative estimate of drug-likeness (QED) is 0.675. The average molecular weight is 198 g/mol. The van der Waals surface area contributed by atoms with Crippen LogP contribution in [0.4, 0.5) is 4.79 Å². The Morgan fingerprint density at radius 2 is 1.79 bits per heavy atom. The molecule has 0 N–H and O–H groups in total. The molecule has 0 aromatic carbocycles. The fourth-order valence-electron chi connectivity index (χ4n) is 1.46. The first-order valence-electron chi connectivity index (χ1n) is 4.96. The molecule has 1 aliphatic rings. The van der Waals surface area contributed by atoms with E-state index in [1.807, 2.05) is 0 Å². The van der Waals surface area contributed by atoms with Gasteiger partial charge in [0.25, 0.3) is 0 Å². The van der Waals surface area contributed by atoms with Gasteiger partial charge in [-0.3, -0.25) is 4.79 Å². The lowest BCUT2D eigenvalue weighted by Gasteiger charge is -2.23. The van der Waals surface area contributed by atoms with Gasteiger partial charge in [-0.2, -0.15) is 0 Å². The molecule has 1 saturated carbocycles. The standard InChI is InChI=1S/C10H18N2O2/c1-8(13)6-11(2)10(14)12(3)7-9-4-5-9/h9H,4-7H2,1-3H3. The van der Waals surface area contributed by atoms with Crippen LogP contribution >= 0.6 is 0 Å². The Kier molecular flexibility index (Phi) is 3.49. The minimum Gasteiger partial charge on any atom is -0.327 e. The van der Waals surface area contributed by atoms with Crippen molar-refractivity contribution in [2.75, 3.05) is 27.2 Å². The van der Waals surface area contributed by atoms with Gasteiger partial charge in [0.1, 0.15) is 5.78 Å². The van der Waals surface area contributed by atoms with Gasteiger partial charge in [0.15, 0.2) is 0 Å². The molecule has 0 unspecified atom stereocenters. The first-order chi connectivity index (χ1) is 6.50. The Bertz CT molecular complexity index is 236. The number of nitrogens with zero attached hydrogens (tertiary/aromatic N) is 2. The van der Waals surface area contributed by atoms with Gasteiger partial charge < -0.3 is 9.80 Å². The summed E-state index contributed by atoms with van der Waals surface area (Å²) < 4.78 is 0. The third kappa shape index (κ3) is 3.36. The molecule has 0 spiro atoms. The maximum Gasteiger partial charge on any atom is 0.319 e. The Hall–Kier alpha value is -1.06. The van der Waals surface area contributed by atoms with E-state index in [-0.39, 0.29) is 18.4 Å². The SMILES string of the molecule is CC(=O)CN(C)C(=O)N(C)CC1CC1. The summed E-state index contributed by atoms with van der Waals surface area (Å²) in [6, 6.07) is -0.0629. The smallest absolute Gasteiger partial charge is 0.319 e. The molecule has 0 aromatic heterocycles. The molecule has 0 radical (unpaired) electrons. The third-order valence-corrected chi connectivity index (χ3v) is 2.34. The van der Waals surface area contributed by atoms with Crippen molar-refractivity contribution in [2.45, 2.75) is 19.8 Å². The summed E-state index contributed by atoms with van der Waals surface area (Å²) in [6.45, 7) is 2.51. The summed E-state index contributed by atoms with van der Waals surface area (Å²) in [5, 5.41) is 0. The van der Waals surface area contributed by atoms with Crippen LogP contribution in [0.2, 0.25) is 0 Å². The summed E-state index contributed by atoms with van der Waals surface area (Å²) in [5.41, 5.74) is 0. The largest absolute Gasteiger partial charge is 0.327 e. The number of hydrogen-bond acceptors (Lipinski definition) is 2. The van der Waals surface area contributed by atoms with Crippen molar-refractivity contribution in [3.8, 4) is 0 Å². The van der Waals surface area contributed by atoms with Crippen molar-refractivity contribution in [3.05, 3.63) is 0 Å². The van der Waals surface area contributed by atoms with E-state index in [1.165, 1.54) is 24.7 Å². The van der Waals surface area contributed by atoms with Crippen molar-refractivity contribution in [1.82, 2.24) is 9.80 Å². The first-order valence-corrected chi connectivity index (χ1v) is 4.96. The molecule has 0 heterocycles. The number of carbonyl (C=O) groups excluding carboxylic acids is 2. The minimum atomic E-state index is -0.0629. The summed E-state index contributed by atoms with van der Waals surface area (Å²) >= 11 is 0. The Labute approximate surface area is 84.9 Å². The van der Waals surface area contributed by atoms with Gasteiger partial charge in [-0.25, -0.2) is 4.79 Å². The second-order valence-corrected chi connectivity index (χ2v) is 4.16. The lowest BCUT2D eigenvalue weighted by atomic mass is 10.4. The molecule has 14 heavy (non-hydrogen) atoms. The highest BCUT2D eigenvalue weighted by molar-refractivity contribution is 5.83. The number of ketones is 1. The van der Waals surface area contributed by atoms with E-state index in [1.54, 1.807) is 19.0 Å². The van der Waals surface area contributed by atoms with E-state index >= 15 is 0 Å². The van der Waals surface area contributed by atoms with Crippen molar-refractivity contribution in [3.63, 3.8) is 0 Å². The van der Waals surface area contributed by atoms with Crippen LogP contribution in [0, 0.1) is 5.92 Å². The highest BCUT2D eigenvalue weighted by atomic mass is 16.2. The van der Waals surface area contributed by atoms with Crippen LogP contribution in [0.5, 0.6) is 0 Å². The molecule has 1 rings (SSSR count). The van der Waals surface area contributed by atoms with Crippen LogP contribution in [0.15, 0.2) is 0 Å². The van der Waals surface area contributed by atoms with Crippen molar-refractivity contribution < 1.29 is 9.59 Å². The molecule has 4 heteroatoms. The van der Waals surface area contributed by atoms with Gasteiger partial charge in [-0.15, -0.1) is 0 Å². The Morgan fingerprint density at radius 1 is 1.21 bits per heavy atom. The predicted octanol–water partition coefficient (Wildman–Crippen LogP) is 0.969. The van der Waals surface area contributed by atoms with E-state index in [4.69, 9.17) is 0 Å². The van der Waals surface area contributed by atoms with Crippen LogP contribution in [-0.2, 0) is 4.79 Å². The minimum absolute atomic E-state index is 0.0145. The van der Waals surface area contributed by atoms with Crippen LogP contribution in [0.25, 0.3) is 0 Å². The molecule has 1 fully saturated rings. The lowest BCUT2D eigenvalue weighted by Crippen LogP contribution is -2.41. The monoisotopic (exact) mass is 198 g/mol. The number of hydrogen-bond donors (Lipinski definition) is 0. The number of carbonyl (C=O) groups is 2. The van der Waals surface area contributed by atoms with Crippen LogP contribution < -0.4 is 0 Å². The summed E-state index contributed by atoms with van der Waals surface area (Å²) in [7, 11) is 3.45. The van der Waals surface area contributed by atoms with Crippen molar-refractivity contribution in [2.24, 2.45) is 5.92 Å². The molecule has 2 amide bonds. The fraction of sp³-hybridized carbons (Fsp3) is 0.800. The zero-order valence-electron chi connectivity index (χ0n) is 9.12. The lowest BCUT2D eigenvalue weighted by molar-refractivity contribution is -0.117. The molecule has 4 nitrogen and oxygen atoms in total. The summed E-state index contributed by atoms with van der Waals surface area (Å²) in [5.74, 6) is 0.704. The van der Waals surface area contributed by atoms with Gasteiger partial charge in [-0.1, -0.05) is 0 Å². The molecule has 1 aliphatic carbocycles. The van der Waals surface area contributed by atoms with Gasteiger partial charge >= 0.3 is 6.03 Å². The number of likely N-dealkylation sites (N-methyl/N-ethyl adjacent to an activating group) is 1. The highest BCUT2D eigenvalue weighted by Gasteiger charge is 2.26. The van der Waals surface area contributed by atoms with E-state index in [0.29, 0.717) is 5.92 Å². The Balaban J connectivity index is 2.33. The molecule has 0 bridgehead atoms. The second-order valence-electron chi connectivity index (χ2n) is 4.16. The van der Waals surface area contributed by atoms with Crippen molar-refractivity contribution in [1.29, 1.82) is 0 Å². The van der Waals surface area contributed by atoms with Crippen LogP contribution in [-0.4, -0.2) is 48.8 Å². The number of amides is 2. The zero-order valence-corrected chi connectivity index (χ0v) is 9.12. The van der Waals surface area contributed by atoms with E-state index < -0.39 is 0 Å². The van der Waals surface area contributed by atoms with Gasteiger partial charge in [0.2, 0.25) is 0 Å². The maximum atomic E-state index is 11.6. The van der Waals surface area contributed by atoms with Crippen LogP contribution in [0.3, 0.4) is 0 Å². The molecule has 0 saturated heterocycles. The van der Waals surface area contributed by atoms with E-state index in [9.17, 15) is 9.59 Å². The first kappa shape index (κ1) is 11.0. The number of rotatable bonds is 4. The normalized spacial score (nSPS) is 15.1. The second kappa shape index (κ2) is 4.44. The molecule has 0 aliphatic heterocycles. The highest BCUT2D eigenvalue weighted by Crippen LogP contribution is 2.29. The number of Topliss-reactive ketones (excluding diaryl/α,β-unsaturated/α-hetero) is 1. The summed E-state index contributed by atoms with van der Waals surface area (Å²) in [4.78, 5) is 25.6. The Morgan fingerprint density at radius 3 is 2.21 bits per heavy atom. The predicted molar refractivity (Wildman–Crippen MR) is 54.1 cm³/mol. The molecule has 80 valence electrons. The maximum absolute atomic E-state index is 11.6. The zero-order chi connectivity index (χ0) is 10.7. The summed E-state index contributed by atoms with van der Waals surface area (Å²) in [6.07, 6.45) is 2.46. The van der Waals surface area contributed by atoms with E-state index in [0.717, 1.165) is 6.54 Å². The van der Waals surface area contributed by atoms with Gasteiger partial charge in [0.05, 0.1) is 6.54 Å². The molecular formula is C10H18N2O2.